The van der Waals surface area contributed by atoms with Crippen LogP contribution in [0.5, 0.6) is 0 Å². The van der Waals surface area contributed by atoms with Gasteiger partial charge in [-0.1, -0.05) is 43.7 Å². The Bertz CT molecular complexity index is 1320. The highest BCUT2D eigenvalue weighted by Gasteiger charge is 2.37. The molecule has 5 rings (SSSR count). The zero-order valence-electron chi connectivity index (χ0n) is 21.4. The van der Waals surface area contributed by atoms with E-state index in [1.54, 1.807) is 0 Å². The monoisotopic (exact) mass is 460 g/mol. The van der Waals surface area contributed by atoms with Crippen molar-refractivity contribution in [2.75, 3.05) is 0 Å². The summed E-state index contributed by atoms with van der Waals surface area (Å²) in [5.74, 6) is -1.77. The Kier molecular flexibility index (Phi) is 5.66. The van der Waals surface area contributed by atoms with Gasteiger partial charge in [0.1, 0.15) is 7.05 Å². The van der Waals surface area contributed by atoms with Gasteiger partial charge in [-0.3, -0.25) is 0 Å². The maximum atomic E-state index is 13.9. The van der Waals surface area contributed by atoms with Crippen molar-refractivity contribution in [3.8, 4) is 0 Å². The van der Waals surface area contributed by atoms with Crippen LogP contribution >= 0.6 is 0 Å². The molecule has 1 fully saturated rings. The molecule has 0 aliphatic heterocycles. The van der Waals surface area contributed by atoms with E-state index in [9.17, 15) is 8.78 Å². The van der Waals surface area contributed by atoms with Gasteiger partial charge >= 0.3 is 0 Å². The highest BCUT2D eigenvalue weighted by atomic mass is 19.3. The van der Waals surface area contributed by atoms with E-state index in [-0.39, 0.29) is 18.8 Å². The Morgan fingerprint density at radius 3 is 2.38 bits per heavy atom. The van der Waals surface area contributed by atoms with Crippen molar-refractivity contribution in [2.24, 2.45) is 13.0 Å². The topological polar surface area (TPSA) is 3.88 Å². The van der Waals surface area contributed by atoms with E-state index in [4.69, 9.17) is 0 Å². The van der Waals surface area contributed by atoms with Crippen LogP contribution in [0.2, 0.25) is 0 Å². The fourth-order valence-electron chi connectivity index (χ4n) is 6.16. The second kappa shape index (κ2) is 8.29. The number of halogens is 2. The third-order valence-electron chi connectivity index (χ3n) is 8.00. The molecule has 1 nitrogen and oxygen atoms in total. The maximum Gasteiger partial charge on any atom is 0.248 e. The molecule has 0 saturated heterocycles. The standard InChI is InChI=1S/C31H36F2N/c1-18(2)13-26-27-17-24(22-7-10-31(32,33)11-8-22)16-23-9-12-34(6)30(28(23)27)29(26)25-15-19(3)14-20(4)21(25)5/h9,12,14-18,22H,7-8,10-11,13H2,1-6H3/q+1. The molecule has 3 aromatic rings. The number of nitrogens with zero attached hydrogens (tertiary/aromatic N) is 1. The summed E-state index contributed by atoms with van der Waals surface area (Å²) in [6.45, 7) is 11.2. The number of rotatable bonds is 4. The summed E-state index contributed by atoms with van der Waals surface area (Å²) in [6.07, 6.45) is 4.30. The molecule has 0 unspecified atom stereocenters. The van der Waals surface area contributed by atoms with E-state index in [0.717, 1.165) is 6.42 Å². The van der Waals surface area contributed by atoms with Crippen molar-refractivity contribution in [3.63, 3.8) is 0 Å². The van der Waals surface area contributed by atoms with Gasteiger partial charge in [0.15, 0.2) is 6.20 Å². The molecule has 3 heteroatoms. The SMILES string of the molecule is Cc1cc(C)c(C)c(C2=C(CC(C)C)c3cc(C4CCC(F)(F)CC4)cc4cc[n+](C)c2c34)c1. The number of pyridine rings is 1. The number of hydrogen-bond acceptors (Lipinski definition) is 0. The van der Waals surface area contributed by atoms with E-state index in [1.807, 2.05) is 0 Å². The molecule has 0 radical (unpaired) electrons. The van der Waals surface area contributed by atoms with Crippen molar-refractivity contribution in [2.45, 2.75) is 78.6 Å². The Morgan fingerprint density at radius 2 is 1.71 bits per heavy atom. The quantitative estimate of drug-likeness (QED) is 0.345. The summed E-state index contributed by atoms with van der Waals surface area (Å²) in [5.41, 5.74) is 11.9. The Morgan fingerprint density at radius 1 is 1.00 bits per heavy atom. The molecule has 2 aliphatic carbocycles. The molecule has 0 spiro atoms. The fourth-order valence-corrected chi connectivity index (χ4v) is 6.16. The number of alkyl halides is 2. The van der Waals surface area contributed by atoms with Gasteiger partial charge in [0.2, 0.25) is 11.6 Å². The summed E-state index contributed by atoms with van der Waals surface area (Å²) in [4.78, 5) is 0. The average Bonchev–Trinajstić information content (AvgIpc) is 3.08. The molecule has 1 heterocycles. The molecular weight excluding hydrogens is 424 g/mol. The first kappa shape index (κ1) is 23.2. The molecule has 0 bridgehead atoms. The van der Waals surface area contributed by atoms with E-state index >= 15 is 0 Å². The second-order valence-corrected chi connectivity index (χ2v) is 11.1. The first-order chi connectivity index (χ1) is 16.1. The third-order valence-corrected chi connectivity index (χ3v) is 8.00. The van der Waals surface area contributed by atoms with Crippen molar-refractivity contribution in [3.05, 3.63) is 75.6 Å². The van der Waals surface area contributed by atoms with Crippen LogP contribution in [0.4, 0.5) is 8.78 Å². The first-order valence-electron chi connectivity index (χ1n) is 12.7. The van der Waals surface area contributed by atoms with Crippen LogP contribution in [0.15, 0.2) is 36.5 Å². The number of aryl methyl sites for hydroxylation is 3. The summed E-state index contributed by atoms with van der Waals surface area (Å²) >= 11 is 0. The van der Waals surface area contributed by atoms with Gasteiger partial charge in [-0.2, -0.15) is 0 Å². The smallest absolute Gasteiger partial charge is 0.207 e. The summed E-state index contributed by atoms with van der Waals surface area (Å²) in [7, 11) is 2.14. The molecule has 0 N–H and O–H groups in total. The van der Waals surface area contributed by atoms with Gasteiger partial charge in [0, 0.05) is 18.9 Å². The van der Waals surface area contributed by atoms with Crippen LogP contribution in [0.25, 0.3) is 21.9 Å². The lowest BCUT2D eigenvalue weighted by atomic mass is 9.80. The summed E-state index contributed by atoms with van der Waals surface area (Å²) < 4.78 is 30.0. The number of allylic oxidation sites excluding steroid dienone is 1. The first-order valence-corrected chi connectivity index (χ1v) is 12.7. The molecular formula is C31H36F2N+. The molecule has 34 heavy (non-hydrogen) atoms. The lowest BCUT2D eigenvalue weighted by Gasteiger charge is -2.29. The summed E-state index contributed by atoms with van der Waals surface area (Å²) in [6, 6.07) is 11.4. The molecule has 1 aromatic heterocycles. The second-order valence-electron chi connectivity index (χ2n) is 11.1. The van der Waals surface area contributed by atoms with Crippen LogP contribution < -0.4 is 4.57 Å². The molecule has 0 amide bonds. The van der Waals surface area contributed by atoms with Crippen LogP contribution in [-0.4, -0.2) is 5.92 Å². The van der Waals surface area contributed by atoms with Gasteiger partial charge in [0.05, 0.1) is 11.0 Å². The Hall–Kier alpha value is -2.55. The number of hydrogen-bond donors (Lipinski definition) is 0. The number of aromatic nitrogens is 1. The fraction of sp³-hybridized carbons (Fsp3) is 0.452. The van der Waals surface area contributed by atoms with Gasteiger partial charge in [-0.25, -0.2) is 13.3 Å². The van der Waals surface area contributed by atoms with Crippen LogP contribution in [-0.2, 0) is 7.05 Å². The lowest BCUT2D eigenvalue weighted by molar-refractivity contribution is -0.672. The van der Waals surface area contributed by atoms with E-state index in [0.29, 0.717) is 18.8 Å². The Balaban J connectivity index is 1.77. The van der Waals surface area contributed by atoms with E-state index in [1.165, 1.54) is 61.0 Å². The average molecular weight is 461 g/mol. The molecule has 178 valence electrons. The molecule has 2 aliphatic rings. The van der Waals surface area contributed by atoms with E-state index < -0.39 is 5.92 Å². The highest BCUT2D eigenvalue weighted by molar-refractivity contribution is 6.16. The van der Waals surface area contributed by atoms with Crippen LogP contribution in [0.1, 0.15) is 90.9 Å². The van der Waals surface area contributed by atoms with Gasteiger partial charge in [-0.05, 0) is 90.6 Å². The predicted octanol–water partition coefficient (Wildman–Crippen LogP) is 8.20. The summed E-state index contributed by atoms with van der Waals surface area (Å²) in [5, 5.41) is 2.55. The number of benzene rings is 2. The maximum absolute atomic E-state index is 13.9. The minimum Gasteiger partial charge on any atom is -0.207 e. The zero-order valence-corrected chi connectivity index (χ0v) is 21.4. The van der Waals surface area contributed by atoms with Crippen LogP contribution in [0, 0.1) is 26.7 Å². The predicted molar refractivity (Wildman–Crippen MR) is 137 cm³/mol. The Labute approximate surface area is 202 Å². The molecule has 0 atom stereocenters. The molecule has 2 aromatic carbocycles. The largest absolute Gasteiger partial charge is 0.248 e. The molecule has 1 saturated carbocycles. The van der Waals surface area contributed by atoms with Gasteiger partial charge in [-0.15, -0.1) is 0 Å². The van der Waals surface area contributed by atoms with Crippen molar-refractivity contribution in [1.82, 2.24) is 0 Å². The van der Waals surface area contributed by atoms with Gasteiger partial charge < -0.3 is 0 Å². The van der Waals surface area contributed by atoms with Crippen molar-refractivity contribution >= 4 is 21.9 Å². The van der Waals surface area contributed by atoms with Crippen LogP contribution in [0.3, 0.4) is 0 Å². The minimum absolute atomic E-state index is 0.00173. The highest BCUT2D eigenvalue weighted by Crippen LogP contribution is 2.49. The van der Waals surface area contributed by atoms with E-state index in [2.05, 4.69) is 82.8 Å². The van der Waals surface area contributed by atoms with Gasteiger partial charge in [0.25, 0.3) is 0 Å². The third kappa shape index (κ3) is 3.87. The zero-order chi connectivity index (χ0) is 24.4. The lowest BCUT2D eigenvalue weighted by Crippen LogP contribution is -2.32. The van der Waals surface area contributed by atoms with Crippen molar-refractivity contribution in [1.29, 1.82) is 0 Å². The van der Waals surface area contributed by atoms with Crippen molar-refractivity contribution < 1.29 is 13.3 Å². The normalized spacial score (nSPS) is 17.9. The minimum atomic E-state index is -2.50.